The van der Waals surface area contributed by atoms with E-state index in [0.29, 0.717) is 0 Å². The second-order valence-corrected chi connectivity index (χ2v) is 2.29. The van der Waals surface area contributed by atoms with E-state index in [2.05, 4.69) is 0 Å². The zero-order valence-electron chi connectivity index (χ0n) is 6.07. The highest BCUT2D eigenvalue weighted by Gasteiger charge is 2.03. The van der Waals surface area contributed by atoms with Crippen molar-refractivity contribution in [2.45, 2.75) is 6.10 Å². The Morgan fingerprint density at radius 2 is 1.91 bits per heavy atom. The summed E-state index contributed by atoms with van der Waals surface area (Å²) in [5, 5.41) is 17.6. The molecule has 1 aromatic carbocycles. The van der Waals surface area contributed by atoms with Gasteiger partial charge in [0.1, 0.15) is 0 Å². The summed E-state index contributed by atoms with van der Waals surface area (Å²) in [5.41, 5.74) is 2.72. The number of hydroxylamine groups is 1. The Morgan fingerprint density at radius 1 is 1.27 bits per heavy atom. The smallest absolute Gasteiger partial charge is 0.0937 e. The van der Waals surface area contributed by atoms with Gasteiger partial charge in [-0.25, -0.2) is 5.48 Å². The molecular formula is C8H11NO2. The Labute approximate surface area is 65.3 Å². The fraction of sp³-hybridized carbons (Fsp3) is 0.250. The van der Waals surface area contributed by atoms with E-state index in [-0.39, 0.29) is 6.54 Å². The van der Waals surface area contributed by atoms with Crippen LogP contribution in [0.3, 0.4) is 0 Å². The summed E-state index contributed by atoms with van der Waals surface area (Å²) in [6.07, 6.45) is -0.638. The molecule has 0 aromatic heterocycles. The van der Waals surface area contributed by atoms with Gasteiger partial charge >= 0.3 is 0 Å². The molecule has 0 radical (unpaired) electrons. The van der Waals surface area contributed by atoms with Gasteiger partial charge in [0.05, 0.1) is 12.6 Å². The molecule has 0 amide bonds. The van der Waals surface area contributed by atoms with Crippen molar-refractivity contribution in [3.63, 3.8) is 0 Å². The Hall–Kier alpha value is -0.900. The largest absolute Gasteiger partial charge is 0.387 e. The highest BCUT2D eigenvalue weighted by Crippen LogP contribution is 2.09. The first-order valence-electron chi connectivity index (χ1n) is 3.44. The van der Waals surface area contributed by atoms with Crippen LogP contribution in [0.15, 0.2) is 30.3 Å². The van der Waals surface area contributed by atoms with Crippen LogP contribution in [0.1, 0.15) is 11.7 Å². The standard InChI is InChI=1S/C8H11NO2/c10-8(6-9-11)7-4-2-1-3-5-7/h1-5,8-11H,6H2/t8-/m1/s1. The van der Waals surface area contributed by atoms with E-state index < -0.39 is 6.10 Å². The minimum absolute atomic E-state index is 0.157. The average Bonchev–Trinajstić information content (AvgIpc) is 2.07. The summed E-state index contributed by atoms with van der Waals surface area (Å²) in [6, 6.07) is 9.18. The van der Waals surface area contributed by atoms with Gasteiger partial charge in [-0.05, 0) is 5.56 Å². The van der Waals surface area contributed by atoms with Crippen molar-refractivity contribution >= 4 is 0 Å². The molecule has 0 aliphatic heterocycles. The highest BCUT2D eigenvalue weighted by molar-refractivity contribution is 5.17. The lowest BCUT2D eigenvalue weighted by Gasteiger charge is -2.08. The minimum atomic E-state index is -0.638. The molecule has 60 valence electrons. The predicted molar refractivity (Wildman–Crippen MR) is 41.2 cm³/mol. The van der Waals surface area contributed by atoms with E-state index in [9.17, 15) is 5.11 Å². The second-order valence-electron chi connectivity index (χ2n) is 2.29. The van der Waals surface area contributed by atoms with Gasteiger partial charge < -0.3 is 10.3 Å². The van der Waals surface area contributed by atoms with E-state index >= 15 is 0 Å². The van der Waals surface area contributed by atoms with Crippen LogP contribution in [0, 0.1) is 0 Å². The van der Waals surface area contributed by atoms with Crippen LogP contribution in [0.4, 0.5) is 0 Å². The topological polar surface area (TPSA) is 52.5 Å². The lowest BCUT2D eigenvalue weighted by atomic mass is 10.1. The number of aliphatic hydroxyl groups excluding tert-OH is 1. The molecule has 11 heavy (non-hydrogen) atoms. The molecule has 1 aromatic rings. The van der Waals surface area contributed by atoms with Crippen LogP contribution in [0.5, 0.6) is 0 Å². The minimum Gasteiger partial charge on any atom is -0.387 e. The van der Waals surface area contributed by atoms with Crippen molar-refractivity contribution in [2.75, 3.05) is 6.54 Å². The molecule has 0 heterocycles. The van der Waals surface area contributed by atoms with Gasteiger partial charge in [-0.2, -0.15) is 0 Å². The zero-order chi connectivity index (χ0) is 8.10. The van der Waals surface area contributed by atoms with Crippen LogP contribution >= 0.6 is 0 Å². The maximum absolute atomic E-state index is 9.30. The van der Waals surface area contributed by atoms with Gasteiger partial charge in [-0.3, -0.25) is 0 Å². The first kappa shape index (κ1) is 8.20. The van der Waals surface area contributed by atoms with Crippen LogP contribution in [-0.2, 0) is 0 Å². The lowest BCUT2D eigenvalue weighted by molar-refractivity contribution is 0.0921. The first-order valence-corrected chi connectivity index (χ1v) is 3.44. The van der Waals surface area contributed by atoms with Gasteiger partial charge in [-0.1, -0.05) is 30.3 Å². The molecular weight excluding hydrogens is 142 g/mol. The second kappa shape index (κ2) is 4.08. The van der Waals surface area contributed by atoms with Crippen LogP contribution in [0.2, 0.25) is 0 Å². The number of rotatable bonds is 3. The Balaban J connectivity index is 2.61. The lowest BCUT2D eigenvalue weighted by Crippen LogP contribution is -2.17. The van der Waals surface area contributed by atoms with E-state index in [0.717, 1.165) is 5.56 Å². The summed E-state index contributed by atoms with van der Waals surface area (Å²) in [7, 11) is 0. The Kier molecular flexibility index (Phi) is 3.04. The van der Waals surface area contributed by atoms with Crippen molar-refractivity contribution < 1.29 is 10.3 Å². The summed E-state index contributed by atoms with van der Waals surface area (Å²) in [6.45, 7) is 0.157. The number of aliphatic hydroxyl groups is 1. The number of hydrogen-bond donors (Lipinski definition) is 3. The maximum atomic E-state index is 9.30. The zero-order valence-corrected chi connectivity index (χ0v) is 6.07. The summed E-state index contributed by atoms with van der Waals surface area (Å²) < 4.78 is 0. The highest BCUT2D eigenvalue weighted by atomic mass is 16.5. The van der Waals surface area contributed by atoms with Crippen molar-refractivity contribution in [3.8, 4) is 0 Å². The molecule has 0 unspecified atom stereocenters. The normalized spacial score (nSPS) is 12.9. The maximum Gasteiger partial charge on any atom is 0.0937 e. The van der Waals surface area contributed by atoms with Crippen molar-refractivity contribution in [2.24, 2.45) is 0 Å². The van der Waals surface area contributed by atoms with Crippen molar-refractivity contribution in [1.29, 1.82) is 0 Å². The summed E-state index contributed by atoms with van der Waals surface area (Å²) in [5.74, 6) is 0. The van der Waals surface area contributed by atoms with Crippen LogP contribution < -0.4 is 5.48 Å². The van der Waals surface area contributed by atoms with E-state index in [1.54, 1.807) is 0 Å². The number of benzene rings is 1. The van der Waals surface area contributed by atoms with Gasteiger partial charge in [-0.15, -0.1) is 0 Å². The van der Waals surface area contributed by atoms with E-state index in [1.165, 1.54) is 0 Å². The fourth-order valence-electron chi connectivity index (χ4n) is 0.880. The Morgan fingerprint density at radius 3 is 2.45 bits per heavy atom. The van der Waals surface area contributed by atoms with Crippen LogP contribution in [0.25, 0.3) is 0 Å². The first-order chi connectivity index (χ1) is 5.34. The van der Waals surface area contributed by atoms with Gasteiger partial charge in [0, 0.05) is 0 Å². The summed E-state index contributed by atoms with van der Waals surface area (Å²) in [4.78, 5) is 0. The SMILES string of the molecule is ONC[C@@H](O)c1ccccc1. The molecule has 1 rings (SSSR count). The molecule has 3 N–H and O–H groups in total. The number of hydrogen-bond acceptors (Lipinski definition) is 3. The molecule has 0 saturated heterocycles. The van der Waals surface area contributed by atoms with Crippen LogP contribution in [-0.4, -0.2) is 16.9 Å². The summed E-state index contributed by atoms with van der Waals surface area (Å²) >= 11 is 0. The Bertz CT molecular complexity index is 201. The molecule has 1 atom stereocenters. The average molecular weight is 153 g/mol. The molecule has 0 aliphatic carbocycles. The quantitative estimate of drug-likeness (QED) is 0.560. The van der Waals surface area contributed by atoms with Gasteiger partial charge in [0.15, 0.2) is 0 Å². The monoisotopic (exact) mass is 153 g/mol. The molecule has 3 heteroatoms. The molecule has 0 bridgehead atoms. The molecule has 0 spiro atoms. The molecule has 3 nitrogen and oxygen atoms in total. The van der Waals surface area contributed by atoms with Crippen molar-refractivity contribution in [3.05, 3.63) is 35.9 Å². The molecule has 0 saturated carbocycles. The third-order valence-electron chi connectivity index (χ3n) is 1.47. The number of nitrogens with one attached hydrogen (secondary N) is 1. The van der Waals surface area contributed by atoms with E-state index in [1.807, 2.05) is 35.8 Å². The fourth-order valence-corrected chi connectivity index (χ4v) is 0.880. The van der Waals surface area contributed by atoms with Crippen molar-refractivity contribution in [1.82, 2.24) is 5.48 Å². The predicted octanol–water partition coefficient (Wildman–Crippen LogP) is 0.699. The third kappa shape index (κ3) is 2.31. The van der Waals surface area contributed by atoms with E-state index in [4.69, 9.17) is 5.21 Å². The molecule has 0 fully saturated rings. The third-order valence-corrected chi connectivity index (χ3v) is 1.47. The van der Waals surface area contributed by atoms with Gasteiger partial charge in [0.2, 0.25) is 0 Å². The molecule has 0 aliphatic rings. The van der Waals surface area contributed by atoms with Gasteiger partial charge in [0.25, 0.3) is 0 Å².